The maximum Gasteiger partial charge on any atom is 0.416 e. The molecule has 0 unspecified atom stereocenters. The molecule has 1 heterocycles. The number of nitrogens with zero attached hydrogens (tertiary/aromatic N) is 1. The lowest BCUT2D eigenvalue weighted by Crippen LogP contribution is -2.50. The third-order valence-electron chi connectivity index (χ3n) is 4.37. The molecule has 0 spiro atoms. The second kappa shape index (κ2) is 6.64. The Morgan fingerprint density at radius 2 is 1.76 bits per heavy atom. The minimum atomic E-state index is -4.35. The molecule has 0 aliphatic carbocycles. The van der Waals surface area contributed by atoms with Crippen LogP contribution in [0.3, 0.4) is 0 Å². The summed E-state index contributed by atoms with van der Waals surface area (Å²) in [6.45, 7) is 0.920. The van der Waals surface area contributed by atoms with Crippen molar-refractivity contribution in [3.63, 3.8) is 0 Å². The third-order valence-corrected chi connectivity index (χ3v) is 4.37. The van der Waals surface area contributed by atoms with Crippen LogP contribution in [0.25, 0.3) is 0 Å². The number of benzene rings is 2. The van der Waals surface area contributed by atoms with Crippen LogP contribution in [0.15, 0.2) is 48.5 Å². The van der Waals surface area contributed by atoms with Crippen molar-refractivity contribution < 1.29 is 18.0 Å². The molecule has 1 aliphatic heterocycles. The molecular weight excluding hydrogens is 327 g/mol. The van der Waals surface area contributed by atoms with Crippen molar-refractivity contribution in [3.8, 4) is 12.3 Å². The normalized spacial score (nSPS) is 14.7. The van der Waals surface area contributed by atoms with Gasteiger partial charge < -0.3 is 4.90 Å². The lowest BCUT2D eigenvalue weighted by molar-refractivity contribution is -0.138. The molecule has 0 bridgehead atoms. The van der Waals surface area contributed by atoms with E-state index in [1.54, 1.807) is 35.2 Å². The van der Waals surface area contributed by atoms with E-state index in [1.807, 2.05) is 0 Å². The molecule has 0 aromatic heterocycles. The first-order chi connectivity index (χ1) is 11.9. The lowest BCUT2D eigenvalue weighted by atomic mass is 9.89. The molecule has 0 saturated carbocycles. The highest BCUT2D eigenvalue weighted by molar-refractivity contribution is 5.94. The third kappa shape index (κ3) is 3.69. The molecule has 0 atom stereocenters. The number of likely N-dealkylation sites (tertiary alicyclic amines) is 1. The fourth-order valence-corrected chi connectivity index (χ4v) is 3.04. The summed E-state index contributed by atoms with van der Waals surface area (Å²) in [6.07, 6.45) is 1.24. The molecule has 2 aromatic carbocycles. The van der Waals surface area contributed by atoms with Crippen LogP contribution in [-0.2, 0) is 12.6 Å². The molecule has 2 aromatic rings. The number of halogens is 3. The maximum absolute atomic E-state index is 13.0. The van der Waals surface area contributed by atoms with E-state index in [4.69, 9.17) is 6.42 Å². The monoisotopic (exact) mass is 343 g/mol. The molecule has 5 heteroatoms. The van der Waals surface area contributed by atoms with Crippen LogP contribution >= 0.6 is 0 Å². The fraction of sp³-hybridized carbons (Fsp3) is 0.250. The van der Waals surface area contributed by atoms with Crippen molar-refractivity contribution in [1.82, 2.24) is 4.90 Å². The summed E-state index contributed by atoms with van der Waals surface area (Å²) in [6, 6.07) is 12.3. The second-order valence-electron chi connectivity index (χ2n) is 6.16. The standard InChI is InChI=1S/C20H16F3NO/c1-2-14-7-9-16(10-8-14)19(25)24-12-15(13-24)11-17-5-3-4-6-18(17)20(21,22)23/h1,3-10,15H,11-13H2. The number of terminal acetylenes is 1. The van der Waals surface area contributed by atoms with Gasteiger partial charge in [0, 0.05) is 24.2 Å². The molecule has 128 valence electrons. The molecule has 25 heavy (non-hydrogen) atoms. The summed E-state index contributed by atoms with van der Waals surface area (Å²) in [5.74, 6) is 2.40. The number of hydrogen-bond acceptors (Lipinski definition) is 1. The highest BCUT2D eigenvalue weighted by Gasteiger charge is 2.36. The summed E-state index contributed by atoms with van der Waals surface area (Å²) in [5, 5.41) is 0. The Labute approximate surface area is 144 Å². The van der Waals surface area contributed by atoms with Crippen molar-refractivity contribution in [2.45, 2.75) is 12.6 Å². The van der Waals surface area contributed by atoms with Gasteiger partial charge in [0.15, 0.2) is 0 Å². The number of rotatable bonds is 3. The number of hydrogen-bond donors (Lipinski definition) is 0. The van der Waals surface area contributed by atoms with Gasteiger partial charge in [-0.25, -0.2) is 0 Å². The average molecular weight is 343 g/mol. The van der Waals surface area contributed by atoms with Gasteiger partial charge in [-0.05, 0) is 48.2 Å². The molecule has 2 nitrogen and oxygen atoms in total. The summed E-state index contributed by atoms with van der Waals surface area (Å²) in [7, 11) is 0. The van der Waals surface area contributed by atoms with E-state index in [2.05, 4.69) is 5.92 Å². The van der Waals surface area contributed by atoms with Gasteiger partial charge in [-0.2, -0.15) is 13.2 Å². The van der Waals surface area contributed by atoms with Gasteiger partial charge in [0.05, 0.1) is 5.56 Å². The first-order valence-corrected chi connectivity index (χ1v) is 7.89. The van der Waals surface area contributed by atoms with Crippen molar-refractivity contribution in [2.24, 2.45) is 5.92 Å². The first kappa shape index (κ1) is 17.1. The molecule has 3 rings (SSSR count). The molecule has 1 fully saturated rings. The number of alkyl halides is 3. The predicted molar refractivity (Wildman–Crippen MR) is 88.9 cm³/mol. The Kier molecular flexibility index (Phi) is 4.54. The Morgan fingerprint density at radius 1 is 1.12 bits per heavy atom. The van der Waals surface area contributed by atoms with Crippen LogP contribution in [0.4, 0.5) is 13.2 Å². The molecular formula is C20H16F3NO. The van der Waals surface area contributed by atoms with E-state index >= 15 is 0 Å². The van der Waals surface area contributed by atoms with Crippen LogP contribution in [0.2, 0.25) is 0 Å². The minimum absolute atomic E-state index is 0.0393. The quantitative estimate of drug-likeness (QED) is 0.772. The SMILES string of the molecule is C#Cc1ccc(C(=O)N2CC(Cc3ccccc3C(F)(F)F)C2)cc1. The first-order valence-electron chi connectivity index (χ1n) is 7.89. The van der Waals surface area contributed by atoms with E-state index in [-0.39, 0.29) is 17.4 Å². The van der Waals surface area contributed by atoms with E-state index in [0.29, 0.717) is 30.6 Å². The van der Waals surface area contributed by atoms with Crippen LogP contribution in [-0.4, -0.2) is 23.9 Å². The van der Waals surface area contributed by atoms with Crippen molar-refractivity contribution >= 4 is 5.91 Å². The molecule has 1 aliphatic rings. The zero-order valence-corrected chi connectivity index (χ0v) is 13.4. The van der Waals surface area contributed by atoms with Crippen LogP contribution in [0.5, 0.6) is 0 Å². The lowest BCUT2D eigenvalue weighted by Gasteiger charge is -2.39. The maximum atomic E-state index is 13.0. The topological polar surface area (TPSA) is 20.3 Å². The van der Waals surface area contributed by atoms with Crippen molar-refractivity contribution in [1.29, 1.82) is 0 Å². The van der Waals surface area contributed by atoms with E-state index in [0.717, 1.165) is 6.07 Å². The van der Waals surface area contributed by atoms with Crippen LogP contribution in [0, 0.1) is 18.3 Å². The Balaban J connectivity index is 1.62. The van der Waals surface area contributed by atoms with E-state index in [1.165, 1.54) is 12.1 Å². The summed E-state index contributed by atoms with van der Waals surface area (Å²) in [4.78, 5) is 14.0. The van der Waals surface area contributed by atoms with Gasteiger partial charge in [0.2, 0.25) is 0 Å². The molecule has 0 radical (unpaired) electrons. The fourth-order valence-electron chi connectivity index (χ4n) is 3.04. The minimum Gasteiger partial charge on any atom is -0.338 e. The van der Waals surface area contributed by atoms with E-state index < -0.39 is 11.7 Å². The summed E-state index contributed by atoms with van der Waals surface area (Å²) >= 11 is 0. The van der Waals surface area contributed by atoms with Gasteiger partial charge in [0.25, 0.3) is 5.91 Å². The van der Waals surface area contributed by atoms with Gasteiger partial charge in [-0.3, -0.25) is 4.79 Å². The zero-order valence-electron chi connectivity index (χ0n) is 13.4. The van der Waals surface area contributed by atoms with E-state index in [9.17, 15) is 18.0 Å². The van der Waals surface area contributed by atoms with Gasteiger partial charge in [-0.15, -0.1) is 6.42 Å². The highest BCUT2D eigenvalue weighted by Crippen LogP contribution is 2.34. The van der Waals surface area contributed by atoms with Crippen molar-refractivity contribution in [3.05, 3.63) is 70.8 Å². The summed E-state index contributed by atoms with van der Waals surface area (Å²) < 4.78 is 39.1. The Morgan fingerprint density at radius 3 is 2.36 bits per heavy atom. The predicted octanol–water partition coefficient (Wildman–Crippen LogP) is 4.00. The van der Waals surface area contributed by atoms with Crippen molar-refractivity contribution in [2.75, 3.05) is 13.1 Å². The van der Waals surface area contributed by atoms with Gasteiger partial charge in [0.1, 0.15) is 0 Å². The van der Waals surface area contributed by atoms with Crippen LogP contribution < -0.4 is 0 Å². The number of amides is 1. The molecule has 1 amide bonds. The van der Waals surface area contributed by atoms with Gasteiger partial charge in [-0.1, -0.05) is 24.1 Å². The Bertz CT molecular complexity index is 812. The van der Waals surface area contributed by atoms with Crippen LogP contribution in [0.1, 0.15) is 27.0 Å². The summed E-state index contributed by atoms with van der Waals surface area (Å²) in [5.41, 5.74) is 0.921. The second-order valence-corrected chi connectivity index (χ2v) is 6.16. The Hall–Kier alpha value is -2.74. The van der Waals surface area contributed by atoms with Gasteiger partial charge >= 0.3 is 6.18 Å². The zero-order chi connectivity index (χ0) is 18.0. The molecule has 0 N–H and O–H groups in total. The largest absolute Gasteiger partial charge is 0.416 e. The number of carbonyl (C=O) groups excluding carboxylic acids is 1. The smallest absolute Gasteiger partial charge is 0.338 e. The number of carbonyl (C=O) groups is 1. The molecule has 1 saturated heterocycles. The average Bonchev–Trinajstić information content (AvgIpc) is 2.57. The highest BCUT2D eigenvalue weighted by atomic mass is 19.4.